The van der Waals surface area contributed by atoms with Crippen molar-refractivity contribution in [3.05, 3.63) is 60.6 Å². The van der Waals surface area contributed by atoms with Gasteiger partial charge in [0.05, 0.1) is 36.7 Å². The summed E-state index contributed by atoms with van der Waals surface area (Å²) < 4.78 is 13.9. The number of nitrogens with zero attached hydrogens (tertiary/aromatic N) is 5. The first-order valence-corrected chi connectivity index (χ1v) is 12.9. The van der Waals surface area contributed by atoms with Crippen LogP contribution in [0.4, 0.5) is 17.2 Å². The number of anilines is 3. The SMILES string of the molecule is C=CC(=O)N1CCC(n2cc(-c3cc(C)c4c(c3)Nc3nccc(N5CCOCC5)c3CO4)cn2)CC1. The molecule has 9 heteroatoms. The van der Waals surface area contributed by atoms with Crippen molar-refractivity contribution in [2.45, 2.75) is 32.4 Å². The summed E-state index contributed by atoms with van der Waals surface area (Å²) in [5, 5.41) is 8.24. The number of nitrogens with one attached hydrogen (secondary N) is 1. The minimum atomic E-state index is 0.00269. The van der Waals surface area contributed by atoms with Crippen LogP contribution in [0.5, 0.6) is 5.75 Å². The van der Waals surface area contributed by atoms with E-state index in [9.17, 15) is 4.79 Å². The molecule has 192 valence electrons. The van der Waals surface area contributed by atoms with Gasteiger partial charge in [-0.2, -0.15) is 5.10 Å². The molecule has 0 spiro atoms. The summed E-state index contributed by atoms with van der Waals surface area (Å²) >= 11 is 0. The summed E-state index contributed by atoms with van der Waals surface area (Å²) in [5.41, 5.74) is 6.31. The van der Waals surface area contributed by atoms with Crippen molar-refractivity contribution in [3.63, 3.8) is 0 Å². The van der Waals surface area contributed by atoms with E-state index in [2.05, 4.69) is 58.2 Å². The molecule has 37 heavy (non-hydrogen) atoms. The highest BCUT2D eigenvalue weighted by molar-refractivity contribution is 5.87. The van der Waals surface area contributed by atoms with Crippen molar-refractivity contribution in [3.8, 4) is 16.9 Å². The highest BCUT2D eigenvalue weighted by Crippen LogP contribution is 2.41. The van der Waals surface area contributed by atoms with E-state index in [4.69, 9.17) is 9.47 Å². The lowest BCUT2D eigenvalue weighted by molar-refractivity contribution is -0.127. The largest absolute Gasteiger partial charge is 0.486 e. The van der Waals surface area contributed by atoms with Crippen LogP contribution in [0.25, 0.3) is 11.1 Å². The van der Waals surface area contributed by atoms with Gasteiger partial charge in [-0.25, -0.2) is 4.98 Å². The van der Waals surface area contributed by atoms with Crippen molar-refractivity contribution in [2.75, 3.05) is 49.6 Å². The summed E-state index contributed by atoms with van der Waals surface area (Å²) in [5.74, 6) is 1.68. The number of fused-ring (bicyclic) bond motifs is 2. The molecule has 0 bridgehead atoms. The average molecular weight is 501 g/mol. The van der Waals surface area contributed by atoms with Crippen LogP contribution in [0.15, 0.2) is 49.4 Å². The lowest BCUT2D eigenvalue weighted by atomic mass is 10.0. The number of hydrogen-bond acceptors (Lipinski definition) is 7. The van der Waals surface area contributed by atoms with Crippen LogP contribution in [0.1, 0.15) is 30.0 Å². The van der Waals surface area contributed by atoms with Gasteiger partial charge in [0, 0.05) is 49.8 Å². The predicted molar refractivity (Wildman–Crippen MR) is 142 cm³/mol. The van der Waals surface area contributed by atoms with E-state index in [1.165, 1.54) is 6.08 Å². The third kappa shape index (κ3) is 4.55. The maximum atomic E-state index is 11.9. The Balaban J connectivity index is 1.24. The number of aryl methyl sites for hydroxylation is 1. The Morgan fingerprint density at radius 3 is 2.76 bits per heavy atom. The molecule has 6 rings (SSSR count). The number of amides is 1. The number of pyridine rings is 1. The summed E-state index contributed by atoms with van der Waals surface area (Å²) in [6, 6.07) is 6.61. The molecule has 2 aromatic heterocycles. The molecule has 2 saturated heterocycles. The fourth-order valence-electron chi connectivity index (χ4n) is 5.50. The predicted octanol–water partition coefficient (Wildman–Crippen LogP) is 4.08. The number of ether oxygens (including phenoxy) is 2. The third-order valence-electron chi connectivity index (χ3n) is 7.53. The molecule has 0 unspecified atom stereocenters. The van der Waals surface area contributed by atoms with Gasteiger partial charge in [0.25, 0.3) is 0 Å². The van der Waals surface area contributed by atoms with Gasteiger partial charge in [0.15, 0.2) is 0 Å². The number of morpholine rings is 1. The number of carbonyl (C=O) groups excluding carboxylic acids is 1. The van der Waals surface area contributed by atoms with Crippen molar-refractivity contribution in [2.24, 2.45) is 0 Å². The Morgan fingerprint density at radius 1 is 1.16 bits per heavy atom. The summed E-state index contributed by atoms with van der Waals surface area (Å²) in [6.45, 7) is 10.8. The van der Waals surface area contributed by atoms with Crippen LogP contribution in [0, 0.1) is 6.92 Å². The van der Waals surface area contributed by atoms with Gasteiger partial charge in [-0.15, -0.1) is 0 Å². The Morgan fingerprint density at radius 2 is 1.97 bits per heavy atom. The van der Waals surface area contributed by atoms with Crippen molar-refractivity contribution in [1.82, 2.24) is 19.7 Å². The molecule has 1 N–H and O–H groups in total. The standard InChI is InChI=1S/C28H32N6O3/c1-3-26(35)33-8-5-22(6-9-33)34-17-21(16-30-34)20-14-19(2)27-24(15-20)31-28-23(18-37-27)25(4-7-29-28)32-10-12-36-13-11-32/h3-4,7,14-17,22H,1,5-6,8-13,18H2,2H3,(H,29,31). The highest BCUT2D eigenvalue weighted by Gasteiger charge is 2.25. The van der Waals surface area contributed by atoms with Crippen LogP contribution in [0.3, 0.4) is 0 Å². The molecule has 0 saturated carbocycles. The van der Waals surface area contributed by atoms with Gasteiger partial charge in [0.1, 0.15) is 18.2 Å². The smallest absolute Gasteiger partial charge is 0.245 e. The number of rotatable bonds is 4. The Bertz CT molecular complexity index is 1320. The molecule has 3 aliphatic rings. The number of piperidine rings is 1. The first kappa shape index (κ1) is 23.5. The van der Waals surface area contributed by atoms with Gasteiger partial charge in [-0.1, -0.05) is 6.58 Å². The molecule has 2 fully saturated rings. The summed E-state index contributed by atoms with van der Waals surface area (Å²) in [6.07, 6.45) is 9.04. The molecule has 0 atom stereocenters. The first-order valence-electron chi connectivity index (χ1n) is 12.9. The second-order valence-electron chi connectivity index (χ2n) is 9.81. The van der Waals surface area contributed by atoms with E-state index in [-0.39, 0.29) is 11.9 Å². The molecular formula is C28H32N6O3. The molecule has 9 nitrogen and oxygen atoms in total. The zero-order valence-corrected chi connectivity index (χ0v) is 21.2. The van der Waals surface area contributed by atoms with Gasteiger partial charge in [-0.05, 0) is 55.2 Å². The molecule has 1 amide bonds. The van der Waals surface area contributed by atoms with Crippen LogP contribution in [-0.4, -0.2) is 65.0 Å². The maximum absolute atomic E-state index is 11.9. The second-order valence-corrected chi connectivity index (χ2v) is 9.81. The number of aromatic nitrogens is 3. The second kappa shape index (κ2) is 9.89. The highest BCUT2D eigenvalue weighted by atomic mass is 16.5. The van der Waals surface area contributed by atoms with E-state index in [1.54, 1.807) is 0 Å². The van der Waals surface area contributed by atoms with Crippen LogP contribution in [-0.2, 0) is 16.1 Å². The fraction of sp³-hybridized carbons (Fsp3) is 0.393. The van der Waals surface area contributed by atoms with Gasteiger partial charge in [-0.3, -0.25) is 9.48 Å². The minimum absolute atomic E-state index is 0.00269. The van der Waals surface area contributed by atoms with Crippen LogP contribution >= 0.6 is 0 Å². The molecule has 0 radical (unpaired) electrons. The quantitative estimate of drug-likeness (QED) is 0.541. The first-order chi connectivity index (χ1) is 18.1. The topological polar surface area (TPSA) is 84.8 Å². The van der Waals surface area contributed by atoms with E-state index >= 15 is 0 Å². The molecule has 3 aromatic rings. The number of likely N-dealkylation sites (tertiary alicyclic amines) is 1. The summed E-state index contributed by atoms with van der Waals surface area (Å²) in [4.78, 5) is 20.8. The van der Waals surface area contributed by atoms with Gasteiger partial charge >= 0.3 is 0 Å². The number of hydrogen-bond donors (Lipinski definition) is 1. The molecule has 5 heterocycles. The van der Waals surface area contributed by atoms with Crippen LogP contribution in [0.2, 0.25) is 0 Å². The lowest BCUT2D eigenvalue weighted by Crippen LogP contribution is -2.38. The fourth-order valence-corrected chi connectivity index (χ4v) is 5.50. The van der Waals surface area contributed by atoms with E-state index in [1.807, 2.05) is 22.0 Å². The zero-order chi connectivity index (χ0) is 25.4. The van der Waals surface area contributed by atoms with E-state index < -0.39 is 0 Å². The lowest BCUT2D eigenvalue weighted by Gasteiger charge is -2.31. The Labute approximate surface area is 216 Å². The van der Waals surface area contributed by atoms with E-state index in [0.717, 1.165) is 97.4 Å². The monoisotopic (exact) mass is 500 g/mol. The van der Waals surface area contributed by atoms with Crippen LogP contribution < -0.4 is 15.0 Å². The Kier molecular flexibility index (Phi) is 6.30. The van der Waals surface area contributed by atoms with Crippen molar-refractivity contribution >= 4 is 23.1 Å². The zero-order valence-electron chi connectivity index (χ0n) is 21.2. The van der Waals surface area contributed by atoms with Crippen molar-refractivity contribution < 1.29 is 14.3 Å². The number of benzene rings is 1. The number of carbonyl (C=O) groups is 1. The van der Waals surface area contributed by atoms with Crippen molar-refractivity contribution in [1.29, 1.82) is 0 Å². The van der Waals surface area contributed by atoms with E-state index in [0.29, 0.717) is 6.61 Å². The molecule has 0 aliphatic carbocycles. The molecule has 3 aliphatic heterocycles. The van der Waals surface area contributed by atoms with Gasteiger partial charge < -0.3 is 24.6 Å². The average Bonchev–Trinajstić information content (AvgIpc) is 3.35. The molecule has 1 aromatic carbocycles. The third-order valence-corrected chi connectivity index (χ3v) is 7.53. The Hall–Kier alpha value is -3.85. The molecular weight excluding hydrogens is 468 g/mol. The van der Waals surface area contributed by atoms with Gasteiger partial charge in [0.2, 0.25) is 5.91 Å². The normalized spacial score (nSPS) is 17.8. The summed E-state index contributed by atoms with van der Waals surface area (Å²) in [7, 11) is 0. The minimum Gasteiger partial charge on any atom is -0.486 e. The maximum Gasteiger partial charge on any atom is 0.245 e.